The van der Waals surface area contributed by atoms with Gasteiger partial charge in [-0.25, -0.2) is 0 Å². The highest BCUT2D eigenvalue weighted by atomic mass is 32.1. The molecule has 0 amide bonds. The lowest BCUT2D eigenvalue weighted by Crippen LogP contribution is -2.36. The fourth-order valence-electron chi connectivity index (χ4n) is 4.47. The van der Waals surface area contributed by atoms with Crippen LogP contribution in [0.3, 0.4) is 0 Å². The highest BCUT2D eigenvalue weighted by Crippen LogP contribution is 2.22. The third kappa shape index (κ3) is 8.95. The number of carbonyl (C=O) groups is 1. The SMILES string of the molecule is CC(C)c1ccc(C(=O)c2cccs2)c(CCCCCCCCCCCN2CCOCC2)n1. The summed E-state index contributed by atoms with van der Waals surface area (Å²) in [7, 11) is 0. The van der Waals surface area contributed by atoms with E-state index in [2.05, 4.69) is 18.7 Å². The van der Waals surface area contributed by atoms with Gasteiger partial charge in [0.05, 0.1) is 23.8 Å². The number of pyridine rings is 1. The first-order chi connectivity index (χ1) is 16.1. The minimum Gasteiger partial charge on any atom is -0.379 e. The fraction of sp³-hybridized carbons (Fsp3) is 0.643. The van der Waals surface area contributed by atoms with Gasteiger partial charge >= 0.3 is 0 Å². The summed E-state index contributed by atoms with van der Waals surface area (Å²) in [4.78, 5) is 21.2. The zero-order valence-electron chi connectivity index (χ0n) is 20.7. The average molecular weight is 471 g/mol. The Hall–Kier alpha value is -1.56. The third-order valence-corrected chi connectivity index (χ3v) is 7.44. The van der Waals surface area contributed by atoms with Gasteiger partial charge in [-0.3, -0.25) is 14.7 Å². The number of aromatic nitrogens is 1. The van der Waals surface area contributed by atoms with Crippen LogP contribution in [0.15, 0.2) is 29.6 Å². The summed E-state index contributed by atoms with van der Waals surface area (Å²) < 4.78 is 5.41. The number of hydrogen-bond acceptors (Lipinski definition) is 5. The molecule has 0 atom stereocenters. The van der Waals surface area contributed by atoms with E-state index >= 15 is 0 Å². The number of ketones is 1. The van der Waals surface area contributed by atoms with Crippen LogP contribution in [0.5, 0.6) is 0 Å². The van der Waals surface area contributed by atoms with Gasteiger partial charge in [-0.2, -0.15) is 0 Å². The van der Waals surface area contributed by atoms with Gasteiger partial charge in [0.15, 0.2) is 0 Å². The summed E-state index contributed by atoms with van der Waals surface area (Å²) in [6.07, 6.45) is 12.6. The zero-order valence-corrected chi connectivity index (χ0v) is 21.5. The number of morpholine rings is 1. The number of aryl methyl sites for hydroxylation is 1. The predicted molar refractivity (Wildman–Crippen MR) is 139 cm³/mol. The molecule has 3 heterocycles. The Kier molecular flexibility index (Phi) is 11.6. The van der Waals surface area contributed by atoms with E-state index in [9.17, 15) is 4.79 Å². The second-order valence-corrected chi connectivity index (χ2v) is 10.5. The Morgan fingerprint density at radius 2 is 1.64 bits per heavy atom. The molecule has 4 nitrogen and oxygen atoms in total. The van der Waals surface area contributed by atoms with E-state index in [1.807, 2.05) is 29.6 Å². The van der Waals surface area contributed by atoms with Crippen molar-refractivity contribution < 1.29 is 9.53 Å². The van der Waals surface area contributed by atoms with Gasteiger partial charge < -0.3 is 4.74 Å². The van der Waals surface area contributed by atoms with E-state index in [1.54, 1.807) is 0 Å². The summed E-state index contributed by atoms with van der Waals surface area (Å²) in [6, 6.07) is 7.88. The van der Waals surface area contributed by atoms with E-state index in [0.717, 1.165) is 61.0 Å². The standard InChI is InChI=1S/C28H42N2O2S/c1-23(2)25-16-15-24(28(31)27-14-12-22-33-27)26(29-25)13-10-8-6-4-3-5-7-9-11-17-30-18-20-32-21-19-30/h12,14-16,22-23H,3-11,13,17-21H2,1-2H3. The van der Waals surface area contributed by atoms with Crippen LogP contribution < -0.4 is 0 Å². The second-order valence-electron chi connectivity index (χ2n) is 9.58. The van der Waals surface area contributed by atoms with Gasteiger partial charge in [0.2, 0.25) is 5.78 Å². The lowest BCUT2D eigenvalue weighted by molar-refractivity contribution is 0.0371. The maximum Gasteiger partial charge on any atom is 0.204 e. The number of ether oxygens (including phenoxy) is 1. The van der Waals surface area contributed by atoms with Crippen molar-refractivity contribution in [3.8, 4) is 0 Å². The Bertz CT molecular complexity index is 813. The van der Waals surface area contributed by atoms with Crippen LogP contribution in [0.4, 0.5) is 0 Å². The Morgan fingerprint density at radius 3 is 2.27 bits per heavy atom. The molecule has 3 rings (SSSR count). The molecule has 1 fully saturated rings. The van der Waals surface area contributed by atoms with Crippen molar-refractivity contribution in [2.24, 2.45) is 0 Å². The molecule has 0 bridgehead atoms. The number of unbranched alkanes of at least 4 members (excludes halogenated alkanes) is 8. The maximum atomic E-state index is 12.9. The minimum absolute atomic E-state index is 0.122. The average Bonchev–Trinajstić information content (AvgIpc) is 3.37. The topological polar surface area (TPSA) is 42.4 Å². The Labute approximate surface area is 204 Å². The quantitative estimate of drug-likeness (QED) is 0.210. The third-order valence-electron chi connectivity index (χ3n) is 6.57. The van der Waals surface area contributed by atoms with Crippen LogP contribution in [0.2, 0.25) is 0 Å². The highest BCUT2D eigenvalue weighted by molar-refractivity contribution is 7.12. The molecule has 2 aromatic heterocycles. The number of hydrogen-bond donors (Lipinski definition) is 0. The van der Waals surface area contributed by atoms with Crippen molar-refractivity contribution in [3.63, 3.8) is 0 Å². The van der Waals surface area contributed by atoms with Gasteiger partial charge in [0.25, 0.3) is 0 Å². The molecule has 0 aromatic carbocycles. The van der Waals surface area contributed by atoms with Crippen LogP contribution in [0, 0.1) is 0 Å². The van der Waals surface area contributed by atoms with Crippen molar-refractivity contribution >= 4 is 17.1 Å². The van der Waals surface area contributed by atoms with E-state index in [4.69, 9.17) is 9.72 Å². The van der Waals surface area contributed by atoms with Gasteiger partial charge in [-0.05, 0) is 55.3 Å². The summed E-state index contributed by atoms with van der Waals surface area (Å²) in [6.45, 7) is 9.61. The minimum atomic E-state index is 0.122. The molecule has 182 valence electrons. The molecule has 0 radical (unpaired) electrons. The van der Waals surface area contributed by atoms with Crippen LogP contribution in [0.25, 0.3) is 0 Å². The lowest BCUT2D eigenvalue weighted by Gasteiger charge is -2.26. The number of rotatable bonds is 15. The molecular formula is C28H42N2O2S. The molecule has 1 saturated heterocycles. The van der Waals surface area contributed by atoms with Crippen LogP contribution in [-0.2, 0) is 11.2 Å². The zero-order chi connectivity index (χ0) is 23.3. The Balaban J connectivity index is 1.31. The molecule has 0 N–H and O–H groups in total. The van der Waals surface area contributed by atoms with Crippen LogP contribution in [0.1, 0.15) is 104 Å². The van der Waals surface area contributed by atoms with Crippen LogP contribution in [-0.4, -0.2) is 48.5 Å². The first-order valence-electron chi connectivity index (χ1n) is 13.0. The monoisotopic (exact) mass is 470 g/mol. The van der Waals surface area contributed by atoms with Gasteiger partial charge in [0, 0.05) is 24.3 Å². The van der Waals surface area contributed by atoms with E-state index in [1.165, 1.54) is 69.2 Å². The largest absolute Gasteiger partial charge is 0.379 e. The van der Waals surface area contributed by atoms with Gasteiger partial charge in [-0.1, -0.05) is 64.9 Å². The molecule has 2 aromatic rings. The molecule has 5 heteroatoms. The molecule has 0 unspecified atom stereocenters. The summed E-state index contributed by atoms with van der Waals surface area (Å²) >= 11 is 1.51. The smallest absolute Gasteiger partial charge is 0.204 e. The van der Waals surface area contributed by atoms with Crippen molar-refractivity contribution in [1.29, 1.82) is 0 Å². The first kappa shape index (κ1) is 26.1. The maximum absolute atomic E-state index is 12.9. The summed E-state index contributed by atoms with van der Waals surface area (Å²) in [5.74, 6) is 0.500. The normalized spacial score (nSPS) is 14.8. The van der Waals surface area contributed by atoms with Gasteiger partial charge in [-0.15, -0.1) is 11.3 Å². The second kappa shape index (κ2) is 14.6. The molecule has 1 aliphatic rings. The first-order valence-corrected chi connectivity index (χ1v) is 13.9. The predicted octanol–water partition coefficient (Wildman–Crippen LogP) is 6.88. The van der Waals surface area contributed by atoms with Crippen molar-refractivity contribution in [1.82, 2.24) is 9.88 Å². The van der Waals surface area contributed by atoms with Crippen molar-refractivity contribution in [2.45, 2.75) is 84.0 Å². The van der Waals surface area contributed by atoms with E-state index in [0.29, 0.717) is 5.92 Å². The lowest BCUT2D eigenvalue weighted by atomic mass is 9.99. The molecule has 0 saturated carbocycles. The van der Waals surface area contributed by atoms with Crippen molar-refractivity contribution in [3.05, 3.63) is 51.5 Å². The fourth-order valence-corrected chi connectivity index (χ4v) is 5.15. The highest BCUT2D eigenvalue weighted by Gasteiger charge is 2.17. The summed E-state index contributed by atoms with van der Waals surface area (Å²) in [5.41, 5.74) is 2.86. The Morgan fingerprint density at radius 1 is 0.970 bits per heavy atom. The van der Waals surface area contributed by atoms with E-state index < -0.39 is 0 Å². The molecule has 33 heavy (non-hydrogen) atoms. The van der Waals surface area contributed by atoms with Gasteiger partial charge in [0.1, 0.15) is 0 Å². The van der Waals surface area contributed by atoms with E-state index in [-0.39, 0.29) is 5.78 Å². The number of thiophene rings is 1. The molecule has 1 aliphatic heterocycles. The molecule has 0 spiro atoms. The number of nitrogens with zero attached hydrogens (tertiary/aromatic N) is 2. The van der Waals surface area contributed by atoms with Crippen LogP contribution >= 0.6 is 11.3 Å². The number of carbonyl (C=O) groups excluding carboxylic acids is 1. The van der Waals surface area contributed by atoms with Crippen molar-refractivity contribution in [2.75, 3.05) is 32.8 Å². The molecular weight excluding hydrogens is 428 g/mol. The molecule has 0 aliphatic carbocycles. The summed E-state index contributed by atoms with van der Waals surface area (Å²) in [5, 5.41) is 1.97.